The van der Waals surface area contributed by atoms with E-state index in [4.69, 9.17) is 11.6 Å². The van der Waals surface area contributed by atoms with Crippen molar-refractivity contribution in [2.45, 2.75) is 39.7 Å². The number of nitrogens with one attached hydrogen (secondary N) is 1. The summed E-state index contributed by atoms with van der Waals surface area (Å²) < 4.78 is 0. The Hall–Kier alpha value is -0.900. The third-order valence-electron chi connectivity index (χ3n) is 3.22. The molecule has 4 heteroatoms. The van der Waals surface area contributed by atoms with Gasteiger partial charge in [-0.1, -0.05) is 30.7 Å². The van der Waals surface area contributed by atoms with E-state index in [1.807, 2.05) is 13.0 Å². The Morgan fingerprint density at radius 3 is 2.75 bits per heavy atom. The molecular formula is C16H21ClN2S. The van der Waals surface area contributed by atoms with Crippen molar-refractivity contribution in [2.24, 2.45) is 0 Å². The Morgan fingerprint density at radius 2 is 2.15 bits per heavy atom. The van der Waals surface area contributed by atoms with Gasteiger partial charge in [0.05, 0.1) is 5.01 Å². The molecule has 0 amide bonds. The van der Waals surface area contributed by atoms with E-state index in [1.54, 1.807) is 11.3 Å². The van der Waals surface area contributed by atoms with E-state index >= 15 is 0 Å². The zero-order valence-corrected chi connectivity index (χ0v) is 13.8. The van der Waals surface area contributed by atoms with Crippen LogP contribution in [0.1, 0.15) is 41.2 Å². The molecule has 1 heterocycles. The number of rotatable bonds is 6. The van der Waals surface area contributed by atoms with Gasteiger partial charge in [-0.3, -0.25) is 0 Å². The SMILES string of the molecule is CCCNC(Cc1nc(C)cs1)c1ccc(C)cc1Cl. The first-order valence-corrected chi connectivity index (χ1v) is 8.26. The van der Waals surface area contributed by atoms with Crippen LogP contribution in [0.4, 0.5) is 0 Å². The van der Waals surface area contributed by atoms with E-state index in [9.17, 15) is 0 Å². The lowest BCUT2D eigenvalue weighted by atomic mass is 10.0. The predicted molar refractivity (Wildman–Crippen MR) is 87.8 cm³/mol. The van der Waals surface area contributed by atoms with Crippen molar-refractivity contribution in [2.75, 3.05) is 6.54 Å². The van der Waals surface area contributed by atoms with E-state index in [1.165, 1.54) is 11.1 Å². The van der Waals surface area contributed by atoms with Crippen LogP contribution in [0.3, 0.4) is 0 Å². The van der Waals surface area contributed by atoms with Gasteiger partial charge < -0.3 is 5.32 Å². The molecule has 1 aromatic carbocycles. The molecule has 1 aromatic heterocycles. The van der Waals surface area contributed by atoms with E-state index < -0.39 is 0 Å². The van der Waals surface area contributed by atoms with Gasteiger partial charge in [0.2, 0.25) is 0 Å². The van der Waals surface area contributed by atoms with Gasteiger partial charge in [0, 0.05) is 28.6 Å². The molecule has 2 aromatic rings. The first kappa shape index (κ1) is 15.5. The zero-order chi connectivity index (χ0) is 14.5. The maximum absolute atomic E-state index is 6.42. The number of thiazole rings is 1. The summed E-state index contributed by atoms with van der Waals surface area (Å²) in [5.74, 6) is 0. The van der Waals surface area contributed by atoms with Gasteiger partial charge in [-0.05, 0) is 44.0 Å². The van der Waals surface area contributed by atoms with Crippen LogP contribution in [0, 0.1) is 13.8 Å². The number of benzene rings is 1. The van der Waals surface area contributed by atoms with Crippen LogP contribution < -0.4 is 5.32 Å². The van der Waals surface area contributed by atoms with E-state index in [0.29, 0.717) is 0 Å². The van der Waals surface area contributed by atoms with Gasteiger partial charge in [-0.25, -0.2) is 4.98 Å². The Balaban J connectivity index is 2.22. The average Bonchev–Trinajstić information content (AvgIpc) is 2.80. The van der Waals surface area contributed by atoms with Gasteiger partial charge in [0.15, 0.2) is 0 Å². The molecule has 0 spiro atoms. The second-order valence-electron chi connectivity index (χ2n) is 5.12. The van der Waals surface area contributed by atoms with Crippen molar-refractivity contribution in [1.82, 2.24) is 10.3 Å². The number of aromatic nitrogens is 1. The Morgan fingerprint density at radius 1 is 1.35 bits per heavy atom. The fourth-order valence-electron chi connectivity index (χ4n) is 2.20. The molecule has 0 saturated heterocycles. The van der Waals surface area contributed by atoms with Crippen LogP contribution in [-0.4, -0.2) is 11.5 Å². The summed E-state index contributed by atoms with van der Waals surface area (Å²) in [5.41, 5.74) is 3.45. The highest BCUT2D eigenvalue weighted by molar-refractivity contribution is 7.09. The van der Waals surface area contributed by atoms with E-state index in [0.717, 1.165) is 35.1 Å². The highest BCUT2D eigenvalue weighted by atomic mass is 35.5. The lowest BCUT2D eigenvalue weighted by Crippen LogP contribution is -2.24. The van der Waals surface area contributed by atoms with Crippen molar-refractivity contribution in [3.63, 3.8) is 0 Å². The molecule has 0 fully saturated rings. The highest BCUT2D eigenvalue weighted by Gasteiger charge is 2.16. The summed E-state index contributed by atoms with van der Waals surface area (Å²) in [6.07, 6.45) is 2.00. The largest absolute Gasteiger partial charge is 0.310 e. The van der Waals surface area contributed by atoms with Crippen LogP contribution in [0.5, 0.6) is 0 Å². The standard InChI is InChI=1S/C16H21ClN2S/c1-4-7-18-15(9-16-19-12(3)10-20-16)13-6-5-11(2)8-14(13)17/h5-6,8,10,15,18H,4,7,9H2,1-3H3. The minimum absolute atomic E-state index is 0.230. The molecule has 0 aliphatic rings. The molecule has 108 valence electrons. The third-order valence-corrected chi connectivity index (χ3v) is 4.53. The number of nitrogens with zero attached hydrogens (tertiary/aromatic N) is 1. The Labute approximate surface area is 130 Å². The maximum Gasteiger partial charge on any atom is 0.0947 e. The molecule has 1 atom stereocenters. The molecule has 1 N–H and O–H groups in total. The van der Waals surface area contributed by atoms with Crippen molar-refractivity contribution < 1.29 is 0 Å². The summed E-state index contributed by atoms with van der Waals surface area (Å²) in [7, 11) is 0. The first-order valence-electron chi connectivity index (χ1n) is 7.00. The Kier molecular flexibility index (Phi) is 5.58. The monoisotopic (exact) mass is 308 g/mol. The molecule has 0 saturated carbocycles. The molecule has 20 heavy (non-hydrogen) atoms. The van der Waals surface area contributed by atoms with Gasteiger partial charge in [0.25, 0.3) is 0 Å². The number of hydrogen-bond donors (Lipinski definition) is 1. The smallest absolute Gasteiger partial charge is 0.0947 e. The topological polar surface area (TPSA) is 24.9 Å². The lowest BCUT2D eigenvalue weighted by molar-refractivity contribution is 0.528. The van der Waals surface area contributed by atoms with Crippen molar-refractivity contribution >= 4 is 22.9 Å². The van der Waals surface area contributed by atoms with Gasteiger partial charge in [0.1, 0.15) is 0 Å². The number of halogens is 1. The van der Waals surface area contributed by atoms with Crippen molar-refractivity contribution in [1.29, 1.82) is 0 Å². The normalized spacial score (nSPS) is 12.6. The van der Waals surface area contributed by atoms with Crippen molar-refractivity contribution in [3.8, 4) is 0 Å². The second-order valence-corrected chi connectivity index (χ2v) is 6.47. The molecule has 0 bridgehead atoms. The summed E-state index contributed by atoms with van der Waals surface area (Å²) >= 11 is 8.14. The summed E-state index contributed by atoms with van der Waals surface area (Å²) in [5, 5.41) is 7.69. The molecule has 2 rings (SSSR count). The van der Waals surface area contributed by atoms with Crippen LogP contribution in [0.15, 0.2) is 23.6 Å². The van der Waals surface area contributed by atoms with Crippen LogP contribution in [-0.2, 0) is 6.42 Å². The van der Waals surface area contributed by atoms with Gasteiger partial charge in [-0.2, -0.15) is 0 Å². The quantitative estimate of drug-likeness (QED) is 0.837. The molecule has 1 unspecified atom stereocenters. The van der Waals surface area contributed by atoms with Crippen LogP contribution >= 0.6 is 22.9 Å². The summed E-state index contributed by atoms with van der Waals surface area (Å²) in [6, 6.07) is 6.51. The van der Waals surface area contributed by atoms with Crippen molar-refractivity contribution in [3.05, 3.63) is 50.4 Å². The lowest BCUT2D eigenvalue weighted by Gasteiger charge is -2.19. The first-order chi connectivity index (χ1) is 9.60. The third kappa shape index (κ3) is 4.05. The summed E-state index contributed by atoms with van der Waals surface area (Å²) in [4.78, 5) is 4.57. The number of hydrogen-bond acceptors (Lipinski definition) is 3. The molecule has 0 aliphatic heterocycles. The average molecular weight is 309 g/mol. The minimum atomic E-state index is 0.230. The maximum atomic E-state index is 6.42. The fourth-order valence-corrected chi connectivity index (χ4v) is 3.38. The van der Waals surface area contributed by atoms with Crippen LogP contribution in [0.25, 0.3) is 0 Å². The van der Waals surface area contributed by atoms with Gasteiger partial charge in [-0.15, -0.1) is 11.3 Å². The molecule has 2 nitrogen and oxygen atoms in total. The summed E-state index contributed by atoms with van der Waals surface area (Å²) in [6.45, 7) is 7.26. The van der Waals surface area contributed by atoms with Crippen LogP contribution in [0.2, 0.25) is 5.02 Å². The second kappa shape index (κ2) is 7.21. The zero-order valence-electron chi connectivity index (χ0n) is 12.2. The molecular weight excluding hydrogens is 288 g/mol. The molecule has 0 radical (unpaired) electrons. The van der Waals surface area contributed by atoms with E-state index in [-0.39, 0.29) is 6.04 Å². The Bertz CT molecular complexity index is 565. The van der Waals surface area contributed by atoms with E-state index in [2.05, 4.69) is 41.7 Å². The fraction of sp³-hybridized carbons (Fsp3) is 0.438. The number of aryl methyl sites for hydroxylation is 2. The molecule has 0 aliphatic carbocycles. The predicted octanol–water partition coefficient (Wildman–Crippen LogP) is 4.70. The van der Waals surface area contributed by atoms with Gasteiger partial charge >= 0.3 is 0 Å². The minimum Gasteiger partial charge on any atom is -0.310 e. The highest BCUT2D eigenvalue weighted by Crippen LogP contribution is 2.27.